The first-order valence-corrected chi connectivity index (χ1v) is 10.9. The molecule has 0 aliphatic heterocycles. The van der Waals surface area contributed by atoms with E-state index < -0.39 is 11.4 Å². The highest BCUT2D eigenvalue weighted by Crippen LogP contribution is 2.25. The minimum atomic E-state index is -0.952. The van der Waals surface area contributed by atoms with Gasteiger partial charge in [0.25, 0.3) is 0 Å². The summed E-state index contributed by atoms with van der Waals surface area (Å²) in [5.41, 5.74) is 4.32. The van der Waals surface area contributed by atoms with E-state index in [0.717, 1.165) is 16.7 Å². The summed E-state index contributed by atoms with van der Waals surface area (Å²) in [5.74, 6) is -0.423. The van der Waals surface area contributed by atoms with Gasteiger partial charge in [0.2, 0.25) is 5.78 Å². The van der Waals surface area contributed by atoms with Crippen LogP contribution in [-0.2, 0) is 16.8 Å². The lowest BCUT2D eigenvalue weighted by molar-refractivity contribution is -0.142. The van der Waals surface area contributed by atoms with Crippen molar-refractivity contribution in [2.45, 2.75) is 52.5 Å². The SMILES string of the molecule is Cc1cc(C(=O)c2ccc(C(C)C)cc2)n(C/C=C/c2cccc(C(C)(C)C(=O)O)c2)c1. The number of hydrogen-bond donors (Lipinski definition) is 1. The van der Waals surface area contributed by atoms with Gasteiger partial charge in [0.05, 0.1) is 11.1 Å². The van der Waals surface area contributed by atoms with Crippen LogP contribution in [0.2, 0.25) is 0 Å². The number of hydrogen-bond acceptors (Lipinski definition) is 2. The van der Waals surface area contributed by atoms with Crippen LogP contribution in [0.25, 0.3) is 6.08 Å². The first-order chi connectivity index (χ1) is 15.1. The third kappa shape index (κ3) is 5.08. The molecule has 4 heteroatoms. The molecular formula is C28H31NO3. The first-order valence-electron chi connectivity index (χ1n) is 10.9. The van der Waals surface area contributed by atoms with Crippen LogP contribution in [-0.4, -0.2) is 21.4 Å². The monoisotopic (exact) mass is 429 g/mol. The first kappa shape index (κ1) is 23.3. The smallest absolute Gasteiger partial charge is 0.313 e. The molecule has 0 atom stereocenters. The fourth-order valence-corrected chi connectivity index (χ4v) is 3.62. The van der Waals surface area contributed by atoms with Crippen molar-refractivity contribution in [3.05, 3.63) is 100 Å². The highest BCUT2D eigenvalue weighted by atomic mass is 16.4. The molecule has 32 heavy (non-hydrogen) atoms. The summed E-state index contributed by atoms with van der Waals surface area (Å²) in [6.07, 6.45) is 5.93. The van der Waals surface area contributed by atoms with Gasteiger partial charge in [-0.1, -0.05) is 74.5 Å². The van der Waals surface area contributed by atoms with E-state index in [1.807, 2.05) is 84.4 Å². The Morgan fingerprint density at radius 2 is 1.75 bits per heavy atom. The average molecular weight is 430 g/mol. The zero-order valence-electron chi connectivity index (χ0n) is 19.4. The summed E-state index contributed by atoms with van der Waals surface area (Å²) >= 11 is 0. The number of carbonyl (C=O) groups excluding carboxylic acids is 1. The molecule has 1 heterocycles. The summed E-state index contributed by atoms with van der Waals surface area (Å²) in [7, 11) is 0. The Bertz CT molecular complexity index is 1150. The van der Waals surface area contributed by atoms with Crippen molar-refractivity contribution in [3.63, 3.8) is 0 Å². The van der Waals surface area contributed by atoms with E-state index in [4.69, 9.17) is 0 Å². The molecule has 0 saturated heterocycles. The molecular weight excluding hydrogens is 398 g/mol. The van der Waals surface area contributed by atoms with Crippen LogP contribution in [0.4, 0.5) is 0 Å². The Morgan fingerprint density at radius 3 is 2.38 bits per heavy atom. The Morgan fingerprint density at radius 1 is 1.06 bits per heavy atom. The summed E-state index contributed by atoms with van der Waals surface area (Å²) < 4.78 is 1.95. The van der Waals surface area contributed by atoms with Gasteiger partial charge in [0.1, 0.15) is 0 Å². The molecule has 0 radical (unpaired) electrons. The van der Waals surface area contributed by atoms with Crippen molar-refractivity contribution >= 4 is 17.8 Å². The molecule has 3 rings (SSSR count). The maximum absolute atomic E-state index is 13.1. The third-order valence-corrected chi connectivity index (χ3v) is 5.86. The zero-order chi connectivity index (χ0) is 23.5. The number of allylic oxidation sites excluding steroid dienone is 1. The number of nitrogens with zero attached hydrogens (tertiary/aromatic N) is 1. The molecule has 0 amide bonds. The minimum Gasteiger partial charge on any atom is -0.481 e. The number of carbonyl (C=O) groups is 2. The molecule has 0 saturated carbocycles. The highest BCUT2D eigenvalue weighted by Gasteiger charge is 2.29. The van der Waals surface area contributed by atoms with Crippen LogP contribution in [0.1, 0.15) is 71.9 Å². The molecule has 1 aromatic heterocycles. The standard InChI is InChI=1S/C28H31NO3/c1-19(2)22-11-13-23(14-12-22)26(30)25-16-20(3)18-29(25)15-7-9-21-8-6-10-24(17-21)28(4,5)27(31)32/h6-14,16-19H,15H2,1-5H3,(H,31,32)/b9-7+. The molecule has 1 N–H and O–H groups in total. The van der Waals surface area contributed by atoms with Crippen LogP contribution in [0, 0.1) is 6.92 Å². The topological polar surface area (TPSA) is 59.3 Å². The number of carboxylic acid groups (broad SMARTS) is 1. The Labute approximate surface area is 190 Å². The lowest BCUT2D eigenvalue weighted by Gasteiger charge is -2.19. The summed E-state index contributed by atoms with van der Waals surface area (Å²) in [5, 5.41) is 9.48. The van der Waals surface area contributed by atoms with E-state index in [1.54, 1.807) is 13.8 Å². The maximum atomic E-state index is 13.1. The van der Waals surface area contributed by atoms with E-state index in [-0.39, 0.29) is 5.78 Å². The lowest BCUT2D eigenvalue weighted by atomic mass is 9.84. The Balaban J connectivity index is 1.79. The zero-order valence-corrected chi connectivity index (χ0v) is 19.4. The summed E-state index contributed by atoms with van der Waals surface area (Å²) in [6, 6.07) is 17.3. The van der Waals surface area contributed by atoms with E-state index in [2.05, 4.69) is 13.8 Å². The molecule has 0 aliphatic carbocycles. The van der Waals surface area contributed by atoms with Gasteiger partial charge in [-0.05, 0) is 55.0 Å². The van der Waals surface area contributed by atoms with E-state index in [9.17, 15) is 14.7 Å². The largest absolute Gasteiger partial charge is 0.481 e. The van der Waals surface area contributed by atoms with Gasteiger partial charge in [-0.25, -0.2) is 0 Å². The van der Waals surface area contributed by atoms with Crippen molar-refractivity contribution in [2.75, 3.05) is 0 Å². The number of rotatable bonds is 8. The number of aromatic nitrogens is 1. The van der Waals surface area contributed by atoms with E-state index in [0.29, 0.717) is 23.7 Å². The third-order valence-electron chi connectivity index (χ3n) is 5.86. The molecule has 0 fully saturated rings. The summed E-state index contributed by atoms with van der Waals surface area (Å²) in [4.78, 5) is 24.7. The molecule has 4 nitrogen and oxygen atoms in total. The van der Waals surface area contributed by atoms with Crippen molar-refractivity contribution in [1.82, 2.24) is 4.57 Å². The highest BCUT2D eigenvalue weighted by molar-refractivity contribution is 6.08. The average Bonchev–Trinajstić information content (AvgIpc) is 3.13. The number of carboxylic acids is 1. The fraction of sp³-hybridized carbons (Fsp3) is 0.286. The quantitative estimate of drug-likeness (QED) is 0.432. The van der Waals surface area contributed by atoms with Gasteiger partial charge in [0.15, 0.2) is 0 Å². The Kier molecular flexibility index (Phi) is 6.83. The number of aryl methyl sites for hydroxylation is 1. The minimum absolute atomic E-state index is 0.00649. The van der Waals surface area contributed by atoms with Crippen LogP contribution in [0.3, 0.4) is 0 Å². The van der Waals surface area contributed by atoms with Crippen LogP contribution < -0.4 is 0 Å². The van der Waals surface area contributed by atoms with Crippen LogP contribution >= 0.6 is 0 Å². The number of benzene rings is 2. The molecule has 2 aromatic carbocycles. The fourth-order valence-electron chi connectivity index (χ4n) is 3.62. The van der Waals surface area contributed by atoms with Gasteiger partial charge < -0.3 is 9.67 Å². The molecule has 0 spiro atoms. The van der Waals surface area contributed by atoms with Crippen molar-refractivity contribution in [3.8, 4) is 0 Å². The van der Waals surface area contributed by atoms with Gasteiger partial charge in [-0.2, -0.15) is 0 Å². The predicted octanol–water partition coefficient (Wildman–Crippen LogP) is 6.23. The summed E-state index contributed by atoms with van der Waals surface area (Å²) in [6.45, 7) is 10.2. The molecule has 3 aromatic rings. The van der Waals surface area contributed by atoms with E-state index in [1.165, 1.54) is 5.56 Å². The maximum Gasteiger partial charge on any atom is 0.313 e. The Hall–Kier alpha value is -3.40. The molecule has 0 aliphatic rings. The van der Waals surface area contributed by atoms with Gasteiger partial charge in [0, 0.05) is 18.3 Å². The normalized spacial score (nSPS) is 11.9. The van der Waals surface area contributed by atoms with Crippen LogP contribution in [0.15, 0.2) is 66.9 Å². The number of aliphatic carboxylic acids is 1. The van der Waals surface area contributed by atoms with Crippen molar-refractivity contribution in [2.24, 2.45) is 0 Å². The molecule has 0 bridgehead atoms. The van der Waals surface area contributed by atoms with Gasteiger partial charge >= 0.3 is 5.97 Å². The van der Waals surface area contributed by atoms with Gasteiger partial charge in [-0.3, -0.25) is 9.59 Å². The number of ketones is 1. The second-order valence-corrected chi connectivity index (χ2v) is 9.12. The van der Waals surface area contributed by atoms with Crippen molar-refractivity contribution in [1.29, 1.82) is 0 Å². The second-order valence-electron chi connectivity index (χ2n) is 9.12. The molecule has 166 valence electrons. The molecule has 0 unspecified atom stereocenters. The predicted molar refractivity (Wildman–Crippen MR) is 129 cm³/mol. The lowest BCUT2D eigenvalue weighted by Crippen LogP contribution is -2.28. The van der Waals surface area contributed by atoms with Crippen LogP contribution in [0.5, 0.6) is 0 Å². The van der Waals surface area contributed by atoms with E-state index >= 15 is 0 Å². The second kappa shape index (κ2) is 9.39. The van der Waals surface area contributed by atoms with Gasteiger partial charge in [-0.15, -0.1) is 0 Å². The van der Waals surface area contributed by atoms with Crippen molar-refractivity contribution < 1.29 is 14.7 Å².